The van der Waals surface area contributed by atoms with E-state index in [4.69, 9.17) is 0 Å². The van der Waals surface area contributed by atoms with Gasteiger partial charge < -0.3 is 5.11 Å². The van der Waals surface area contributed by atoms with Crippen LogP contribution in [0.4, 0.5) is 13.2 Å². The average Bonchev–Trinajstić information content (AvgIpc) is 2.86. The summed E-state index contributed by atoms with van der Waals surface area (Å²) < 4.78 is 40.6. The van der Waals surface area contributed by atoms with Gasteiger partial charge in [0.15, 0.2) is 17.5 Å². The molecule has 0 fully saturated rings. The third-order valence-corrected chi connectivity index (χ3v) is 4.19. The first kappa shape index (κ1) is 14.0. The van der Waals surface area contributed by atoms with Crippen LogP contribution in [0.2, 0.25) is 0 Å². The van der Waals surface area contributed by atoms with Crippen molar-refractivity contribution in [3.8, 4) is 0 Å². The highest BCUT2D eigenvalue weighted by atomic mass is 32.1. The lowest BCUT2D eigenvalue weighted by atomic mass is 10.1. The fourth-order valence-electron chi connectivity index (χ4n) is 2.08. The zero-order valence-corrected chi connectivity index (χ0v) is 11.5. The van der Waals surface area contributed by atoms with Crippen LogP contribution in [0.5, 0.6) is 0 Å². The maximum Gasteiger partial charge on any atom is 0.194 e. The number of para-hydroxylation sites is 1. The lowest BCUT2D eigenvalue weighted by molar-refractivity contribution is 0.172. The van der Waals surface area contributed by atoms with Crippen LogP contribution >= 0.6 is 11.3 Å². The molecule has 21 heavy (non-hydrogen) atoms. The van der Waals surface area contributed by atoms with Crippen LogP contribution in [-0.4, -0.2) is 10.1 Å². The first-order chi connectivity index (χ1) is 10.1. The molecule has 3 rings (SSSR count). The van der Waals surface area contributed by atoms with Crippen molar-refractivity contribution in [3.63, 3.8) is 0 Å². The van der Waals surface area contributed by atoms with E-state index in [1.807, 2.05) is 24.3 Å². The minimum absolute atomic E-state index is 0.0430. The fraction of sp³-hybridized carbons (Fsp3) is 0.133. The third kappa shape index (κ3) is 2.64. The van der Waals surface area contributed by atoms with Gasteiger partial charge in [-0.05, 0) is 18.2 Å². The molecule has 0 bridgehead atoms. The van der Waals surface area contributed by atoms with Crippen molar-refractivity contribution < 1.29 is 18.3 Å². The molecular formula is C15H10F3NOS. The van der Waals surface area contributed by atoms with E-state index in [2.05, 4.69) is 4.98 Å². The predicted octanol–water partition coefficient (Wildman–Crippen LogP) is 3.99. The molecule has 0 spiro atoms. The molecule has 0 aliphatic rings. The lowest BCUT2D eigenvalue weighted by Gasteiger charge is -2.10. The quantitative estimate of drug-likeness (QED) is 0.742. The van der Waals surface area contributed by atoms with Crippen molar-refractivity contribution >= 4 is 21.6 Å². The second kappa shape index (κ2) is 5.46. The Kier molecular flexibility index (Phi) is 3.65. The van der Waals surface area contributed by atoms with Crippen LogP contribution in [0.15, 0.2) is 36.4 Å². The maximum atomic E-state index is 13.6. The van der Waals surface area contributed by atoms with Crippen LogP contribution in [0.25, 0.3) is 10.2 Å². The summed E-state index contributed by atoms with van der Waals surface area (Å²) in [5.74, 6) is -4.21. The van der Waals surface area contributed by atoms with E-state index in [0.29, 0.717) is 5.01 Å². The molecule has 2 nitrogen and oxygen atoms in total. The minimum atomic E-state index is -1.57. The van der Waals surface area contributed by atoms with Crippen molar-refractivity contribution in [2.75, 3.05) is 0 Å². The van der Waals surface area contributed by atoms with Crippen LogP contribution in [0.1, 0.15) is 16.7 Å². The number of aliphatic hydroxyl groups is 1. The molecule has 1 atom stereocenters. The Labute approximate surface area is 122 Å². The molecule has 3 aromatic rings. The number of hydrogen-bond donors (Lipinski definition) is 1. The molecule has 0 saturated carbocycles. The Morgan fingerprint density at radius 2 is 1.81 bits per heavy atom. The van der Waals surface area contributed by atoms with E-state index in [1.165, 1.54) is 11.3 Å². The third-order valence-electron chi connectivity index (χ3n) is 3.13. The van der Waals surface area contributed by atoms with Gasteiger partial charge in [-0.3, -0.25) is 0 Å². The Hall–Kier alpha value is -1.92. The molecular weight excluding hydrogens is 299 g/mol. The zero-order chi connectivity index (χ0) is 15.0. The van der Waals surface area contributed by atoms with Gasteiger partial charge in [0, 0.05) is 12.0 Å². The maximum absolute atomic E-state index is 13.6. The SMILES string of the molecule is OC(Cc1nc2ccccc2s1)c1ccc(F)c(F)c1F. The topological polar surface area (TPSA) is 33.1 Å². The number of aromatic nitrogens is 1. The summed E-state index contributed by atoms with van der Waals surface area (Å²) in [6, 6.07) is 9.29. The largest absolute Gasteiger partial charge is 0.388 e. The van der Waals surface area contributed by atoms with E-state index < -0.39 is 23.6 Å². The highest BCUT2D eigenvalue weighted by molar-refractivity contribution is 7.18. The van der Waals surface area contributed by atoms with Crippen molar-refractivity contribution in [2.24, 2.45) is 0 Å². The zero-order valence-electron chi connectivity index (χ0n) is 10.7. The Balaban J connectivity index is 1.89. The summed E-state index contributed by atoms with van der Waals surface area (Å²) in [5, 5.41) is 10.6. The van der Waals surface area contributed by atoms with Gasteiger partial charge in [-0.25, -0.2) is 18.2 Å². The Morgan fingerprint density at radius 3 is 2.57 bits per heavy atom. The number of halogens is 3. The van der Waals surface area contributed by atoms with E-state index in [0.717, 1.165) is 22.3 Å². The standard InChI is InChI=1S/C15H10F3NOS/c16-9-6-5-8(14(17)15(9)18)11(20)7-13-19-10-3-1-2-4-12(10)21-13/h1-6,11,20H,7H2. The fourth-order valence-corrected chi connectivity index (χ4v) is 3.08. The first-order valence-electron chi connectivity index (χ1n) is 6.22. The van der Waals surface area contributed by atoms with Gasteiger partial charge in [0.25, 0.3) is 0 Å². The number of fused-ring (bicyclic) bond motifs is 1. The second-order valence-electron chi connectivity index (χ2n) is 4.56. The van der Waals surface area contributed by atoms with E-state index in [1.54, 1.807) is 0 Å². The van der Waals surface area contributed by atoms with Gasteiger partial charge >= 0.3 is 0 Å². The highest BCUT2D eigenvalue weighted by Crippen LogP contribution is 2.28. The molecule has 1 unspecified atom stereocenters. The molecule has 108 valence electrons. The van der Waals surface area contributed by atoms with Gasteiger partial charge in [0.1, 0.15) is 0 Å². The van der Waals surface area contributed by atoms with Crippen LogP contribution in [0, 0.1) is 17.5 Å². The van der Waals surface area contributed by atoms with Crippen LogP contribution < -0.4 is 0 Å². The molecule has 0 amide bonds. The molecule has 1 N–H and O–H groups in total. The summed E-state index contributed by atoms with van der Waals surface area (Å²) >= 11 is 1.37. The van der Waals surface area contributed by atoms with Crippen molar-refractivity contribution in [1.82, 2.24) is 4.98 Å². The van der Waals surface area contributed by atoms with E-state index >= 15 is 0 Å². The van der Waals surface area contributed by atoms with Gasteiger partial charge in [-0.15, -0.1) is 11.3 Å². The lowest BCUT2D eigenvalue weighted by Crippen LogP contribution is -2.07. The smallest absolute Gasteiger partial charge is 0.194 e. The molecule has 6 heteroatoms. The minimum Gasteiger partial charge on any atom is -0.388 e. The average molecular weight is 309 g/mol. The molecule has 1 aromatic heterocycles. The molecule has 1 heterocycles. The van der Waals surface area contributed by atoms with Gasteiger partial charge in [-0.1, -0.05) is 18.2 Å². The number of rotatable bonds is 3. The van der Waals surface area contributed by atoms with Gasteiger partial charge in [0.05, 0.1) is 21.3 Å². The monoisotopic (exact) mass is 309 g/mol. The van der Waals surface area contributed by atoms with Crippen LogP contribution in [-0.2, 0) is 6.42 Å². The van der Waals surface area contributed by atoms with Crippen molar-refractivity contribution in [2.45, 2.75) is 12.5 Å². The molecule has 0 aliphatic heterocycles. The number of thiazole rings is 1. The molecule has 0 aliphatic carbocycles. The van der Waals surface area contributed by atoms with Crippen molar-refractivity contribution in [1.29, 1.82) is 0 Å². The molecule has 2 aromatic carbocycles. The van der Waals surface area contributed by atoms with E-state index in [-0.39, 0.29) is 12.0 Å². The number of nitrogens with zero attached hydrogens (tertiary/aromatic N) is 1. The van der Waals surface area contributed by atoms with E-state index in [9.17, 15) is 18.3 Å². The predicted molar refractivity (Wildman–Crippen MR) is 74.6 cm³/mol. The Morgan fingerprint density at radius 1 is 1.05 bits per heavy atom. The first-order valence-corrected chi connectivity index (χ1v) is 7.04. The molecule has 0 saturated heterocycles. The number of aliphatic hydroxyl groups excluding tert-OH is 1. The summed E-state index contributed by atoms with van der Waals surface area (Å²) in [4.78, 5) is 4.32. The summed E-state index contributed by atoms with van der Waals surface area (Å²) in [7, 11) is 0. The number of hydrogen-bond acceptors (Lipinski definition) is 3. The van der Waals surface area contributed by atoms with Crippen molar-refractivity contribution in [3.05, 3.63) is 64.4 Å². The summed E-state index contributed by atoms with van der Waals surface area (Å²) in [6.07, 6.45) is -1.23. The Bertz CT molecular complexity index is 770. The van der Waals surface area contributed by atoms with Crippen LogP contribution in [0.3, 0.4) is 0 Å². The van der Waals surface area contributed by atoms with Gasteiger partial charge in [-0.2, -0.15) is 0 Å². The molecule has 0 radical (unpaired) electrons. The summed E-state index contributed by atoms with van der Waals surface area (Å²) in [6.45, 7) is 0. The second-order valence-corrected chi connectivity index (χ2v) is 5.68. The summed E-state index contributed by atoms with van der Waals surface area (Å²) in [5.41, 5.74) is 0.517. The highest BCUT2D eigenvalue weighted by Gasteiger charge is 2.20. The normalized spacial score (nSPS) is 12.8. The number of benzene rings is 2. The van der Waals surface area contributed by atoms with Gasteiger partial charge in [0.2, 0.25) is 0 Å².